The number of ether oxygens (including phenoxy) is 2. The standard InChI is InChI=1S/C15H14O3/c1-4-9-17-12-7-8-13(14(16)6-3)15(11-12)18-10-5-2/h1-2,7-8,11H,6,9-10H2,3H3. The minimum atomic E-state index is -0.00878. The zero-order valence-corrected chi connectivity index (χ0v) is 10.2. The van der Waals surface area contributed by atoms with Gasteiger partial charge in [0, 0.05) is 12.5 Å². The Kier molecular flexibility index (Phi) is 5.35. The molecule has 0 bridgehead atoms. The van der Waals surface area contributed by atoms with Crippen LogP contribution in [-0.4, -0.2) is 19.0 Å². The van der Waals surface area contributed by atoms with Crippen molar-refractivity contribution in [3.05, 3.63) is 23.8 Å². The lowest BCUT2D eigenvalue weighted by atomic mass is 10.1. The molecule has 1 aromatic carbocycles. The van der Waals surface area contributed by atoms with Gasteiger partial charge in [0.2, 0.25) is 0 Å². The Hall–Kier alpha value is -2.39. The van der Waals surface area contributed by atoms with E-state index in [9.17, 15) is 4.79 Å². The minimum Gasteiger partial charge on any atom is -0.481 e. The minimum absolute atomic E-state index is 0.00878. The number of hydrogen-bond acceptors (Lipinski definition) is 3. The Labute approximate surface area is 107 Å². The maximum absolute atomic E-state index is 11.7. The molecule has 18 heavy (non-hydrogen) atoms. The Morgan fingerprint density at radius 1 is 1.22 bits per heavy atom. The molecule has 0 aliphatic heterocycles. The number of terminal acetylenes is 2. The number of hydrogen-bond donors (Lipinski definition) is 0. The van der Waals surface area contributed by atoms with E-state index in [2.05, 4.69) is 11.8 Å². The second-order valence-electron chi connectivity index (χ2n) is 3.42. The van der Waals surface area contributed by atoms with Crippen LogP contribution in [0.25, 0.3) is 0 Å². The number of benzene rings is 1. The highest BCUT2D eigenvalue weighted by atomic mass is 16.5. The van der Waals surface area contributed by atoms with Gasteiger partial charge < -0.3 is 9.47 Å². The first kappa shape index (κ1) is 13.7. The fourth-order valence-electron chi connectivity index (χ4n) is 1.38. The average Bonchev–Trinajstić information content (AvgIpc) is 2.42. The first-order valence-electron chi connectivity index (χ1n) is 5.52. The van der Waals surface area contributed by atoms with E-state index in [1.54, 1.807) is 25.1 Å². The normalized spacial score (nSPS) is 9.06. The first-order chi connectivity index (χ1) is 8.72. The van der Waals surface area contributed by atoms with E-state index in [4.69, 9.17) is 22.3 Å². The van der Waals surface area contributed by atoms with E-state index in [0.29, 0.717) is 23.5 Å². The van der Waals surface area contributed by atoms with Crippen LogP contribution >= 0.6 is 0 Å². The molecule has 0 saturated carbocycles. The van der Waals surface area contributed by atoms with Crippen molar-refractivity contribution >= 4 is 5.78 Å². The molecule has 3 heteroatoms. The number of carbonyl (C=O) groups excluding carboxylic acids is 1. The number of carbonyl (C=O) groups is 1. The lowest BCUT2D eigenvalue weighted by Crippen LogP contribution is -2.04. The van der Waals surface area contributed by atoms with Crippen molar-refractivity contribution in [1.29, 1.82) is 0 Å². The molecule has 1 rings (SSSR count). The summed E-state index contributed by atoms with van der Waals surface area (Å²) in [6, 6.07) is 4.96. The summed E-state index contributed by atoms with van der Waals surface area (Å²) in [4.78, 5) is 11.7. The Morgan fingerprint density at radius 2 is 1.89 bits per heavy atom. The van der Waals surface area contributed by atoms with Crippen molar-refractivity contribution < 1.29 is 14.3 Å². The van der Waals surface area contributed by atoms with Gasteiger partial charge in [-0.25, -0.2) is 0 Å². The van der Waals surface area contributed by atoms with Gasteiger partial charge in [-0.15, -0.1) is 12.8 Å². The van der Waals surface area contributed by atoms with E-state index in [-0.39, 0.29) is 19.0 Å². The van der Waals surface area contributed by atoms with E-state index < -0.39 is 0 Å². The monoisotopic (exact) mass is 242 g/mol. The van der Waals surface area contributed by atoms with Gasteiger partial charge in [-0.2, -0.15) is 0 Å². The summed E-state index contributed by atoms with van der Waals surface area (Å²) in [5.41, 5.74) is 0.501. The summed E-state index contributed by atoms with van der Waals surface area (Å²) >= 11 is 0. The molecule has 0 atom stereocenters. The van der Waals surface area contributed by atoms with Crippen LogP contribution in [0.1, 0.15) is 23.7 Å². The molecule has 0 N–H and O–H groups in total. The second-order valence-corrected chi connectivity index (χ2v) is 3.42. The summed E-state index contributed by atoms with van der Waals surface area (Å²) in [6.07, 6.45) is 10.6. The summed E-state index contributed by atoms with van der Waals surface area (Å²) in [7, 11) is 0. The van der Waals surface area contributed by atoms with Gasteiger partial charge in [0.15, 0.2) is 5.78 Å². The van der Waals surface area contributed by atoms with Gasteiger partial charge in [-0.05, 0) is 12.1 Å². The quantitative estimate of drug-likeness (QED) is 0.567. The highest BCUT2D eigenvalue weighted by molar-refractivity contribution is 5.98. The largest absolute Gasteiger partial charge is 0.481 e. The SMILES string of the molecule is C#CCOc1ccc(C(=O)CC)c(OCC#C)c1. The topological polar surface area (TPSA) is 35.5 Å². The summed E-state index contributed by atoms with van der Waals surface area (Å²) in [5, 5.41) is 0. The number of rotatable bonds is 6. The lowest BCUT2D eigenvalue weighted by molar-refractivity contribution is 0.0984. The summed E-state index contributed by atoms with van der Waals surface area (Å²) < 4.78 is 10.6. The lowest BCUT2D eigenvalue weighted by Gasteiger charge is -2.10. The average molecular weight is 242 g/mol. The van der Waals surface area contributed by atoms with Crippen LogP contribution in [0, 0.1) is 24.7 Å². The molecule has 0 aliphatic rings. The maximum atomic E-state index is 11.7. The third-order valence-electron chi connectivity index (χ3n) is 2.21. The van der Waals surface area contributed by atoms with Gasteiger partial charge in [0.05, 0.1) is 5.56 Å². The van der Waals surface area contributed by atoms with Crippen molar-refractivity contribution in [1.82, 2.24) is 0 Å². The molecule has 0 unspecified atom stereocenters. The van der Waals surface area contributed by atoms with Crippen LogP contribution in [0.2, 0.25) is 0 Å². The van der Waals surface area contributed by atoms with E-state index in [1.807, 2.05) is 0 Å². The fourth-order valence-corrected chi connectivity index (χ4v) is 1.38. The van der Waals surface area contributed by atoms with E-state index in [1.165, 1.54) is 0 Å². The van der Waals surface area contributed by atoms with E-state index >= 15 is 0 Å². The van der Waals surface area contributed by atoms with Crippen molar-refractivity contribution in [3.63, 3.8) is 0 Å². The van der Waals surface area contributed by atoms with Crippen LogP contribution in [-0.2, 0) is 0 Å². The smallest absolute Gasteiger partial charge is 0.166 e. The zero-order valence-electron chi connectivity index (χ0n) is 10.2. The molecule has 92 valence electrons. The molecular weight excluding hydrogens is 228 g/mol. The van der Waals surface area contributed by atoms with Gasteiger partial charge in [0.1, 0.15) is 24.7 Å². The second kappa shape index (κ2) is 7.04. The molecular formula is C15H14O3. The van der Waals surface area contributed by atoms with Crippen LogP contribution in [0.4, 0.5) is 0 Å². The maximum Gasteiger partial charge on any atom is 0.166 e. The molecule has 0 aromatic heterocycles. The molecule has 3 nitrogen and oxygen atoms in total. The van der Waals surface area contributed by atoms with Crippen LogP contribution in [0.15, 0.2) is 18.2 Å². The molecule has 0 aliphatic carbocycles. The fraction of sp³-hybridized carbons (Fsp3) is 0.267. The molecule has 0 saturated heterocycles. The van der Waals surface area contributed by atoms with Crippen LogP contribution in [0.3, 0.4) is 0 Å². The summed E-state index contributed by atoms with van der Waals surface area (Å²) in [5.74, 6) is 5.69. The highest BCUT2D eigenvalue weighted by Crippen LogP contribution is 2.26. The van der Waals surface area contributed by atoms with Crippen molar-refractivity contribution in [2.24, 2.45) is 0 Å². The zero-order chi connectivity index (χ0) is 13.4. The third kappa shape index (κ3) is 3.57. The predicted molar refractivity (Wildman–Crippen MR) is 69.7 cm³/mol. The van der Waals surface area contributed by atoms with E-state index in [0.717, 1.165) is 0 Å². The molecule has 0 heterocycles. The van der Waals surface area contributed by atoms with Crippen molar-refractivity contribution in [2.75, 3.05) is 13.2 Å². The van der Waals surface area contributed by atoms with Crippen molar-refractivity contribution in [3.8, 4) is 36.2 Å². The molecule has 1 aromatic rings. The third-order valence-corrected chi connectivity index (χ3v) is 2.21. The highest BCUT2D eigenvalue weighted by Gasteiger charge is 2.12. The first-order valence-corrected chi connectivity index (χ1v) is 5.52. The predicted octanol–water partition coefficient (Wildman–Crippen LogP) is 2.30. The summed E-state index contributed by atoms with van der Waals surface area (Å²) in [6.45, 7) is 2.05. The van der Waals surface area contributed by atoms with Gasteiger partial charge in [0.25, 0.3) is 0 Å². The van der Waals surface area contributed by atoms with Crippen molar-refractivity contribution in [2.45, 2.75) is 13.3 Å². The molecule has 0 spiro atoms. The van der Waals surface area contributed by atoms with Gasteiger partial charge in [-0.1, -0.05) is 18.8 Å². The van der Waals surface area contributed by atoms with Crippen LogP contribution < -0.4 is 9.47 Å². The Balaban J connectivity index is 3.01. The van der Waals surface area contributed by atoms with Gasteiger partial charge >= 0.3 is 0 Å². The Bertz CT molecular complexity index is 503. The number of Topliss-reactive ketones (excluding diaryl/α,β-unsaturated/α-hetero) is 1. The molecule has 0 radical (unpaired) electrons. The molecule has 0 fully saturated rings. The molecule has 0 amide bonds. The van der Waals surface area contributed by atoms with Crippen LogP contribution in [0.5, 0.6) is 11.5 Å². The Morgan fingerprint density at radius 3 is 2.50 bits per heavy atom. The number of ketones is 1. The van der Waals surface area contributed by atoms with Gasteiger partial charge in [-0.3, -0.25) is 4.79 Å².